The molecule has 3 saturated carbocycles. The molecule has 2 bridgehead atoms. The fourth-order valence-corrected chi connectivity index (χ4v) is 2.22. The minimum Gasteiger partial charge on any atom is -0.381 e. The lowest BCUT2D eigenvalue weighted by Crippen LogP contribution is -2.35. The molecule has 0 N–H and O–H groups in total. The SMILES string of the molecule is COC1C2CCC1C2. The van der Waals surface area contributed by atoms with Gasteiger partial charge in [-0.15, -0.1) is 0 Å². The van der Waals surface area contributed by atoms with Gasteiger partial charge in [0, 0.05) is 7.11 Å². The highest BCUT2D eigenvalue weighted by molar-refractivity contribution is 4.97. The molecule has 0 aromatic carbocycles. The van der Waals surface area contributed by atoms with Crippen molar-refractivity contribution in [2.24, 2.45) is 11.8 Å². The third-order valence-electron chi connectivity index (χ3n) is 2.72. The van der Waals surface area contributed by atoms with Crippen LogP contribution in [0.15, 0.2) is 0 Å². The summed E-state index contributed by atoms with van der Waals surface area (Å²) in [7, 11) is 1.84. The Morgan fingerprint density at radius 1 is 1.25 bits per heavy atom. The first-order valence-electron chi connectivity index (χ1n) is 3.44. The van der Waals surface area contributed by atoms with E-state index in [1.165, 1.54) is 19.3 Å². The Bertz CT molecular complexity index is 86.6. The molecule has 3 aliphatic rings. The van der Waals surface area contributed by atoms with Gasteiger partial charge >= 0.3 is 0 Å². The lowest BCUT2D eigenvalue weighted by molar-refractivity contribution is -0.0291. The number of hydrogen-bond acceptors (Lipinski definition) is 1. The largest absolute Gasteiger partial charge is 0.381 e. The molecular weight excluding hydrogens is 100 g/mol. The van der Waals surface area contributed by atoms with Gasteiger partial charge in [0.05, 0.1) is 6.10 Å². The summed E-state index contributed by atoms with van der Waals surface area (Å²) in [5.41, 5.74) is 0. The van der Waals surface area contributed by atoms with E-state index in [9.17, 15) is 0 Å². The Kier molecular flexibility index (Phi) is 0.884. The first-order chi connectivity index (χ1) is 3.92. The maximum Gasteiger partial charge on any atom is 0.0627 e. The highest BCUT2D eigenvalue weighted by Gasteiger charge is 2.46. The molecule has 0 aromatic rings. The molecule has 1 heteroatoms. The van der Waals surface area contributed by atoms with Crippen LogP contribution >= 0.6 is 0 Å². The van der Waals surface area contributed by atoms with Crippen molar-refractivity contribution in [1.29, 1.82) is 0 Å². The van der Waals surface area contributed by atoms with Gasteiger partial charge in [-0.1, -0.05) is 0 Å². The average Bonchev–Trinajstić information content (AvgIpc) is 2.19. The van der Waals surface area contributed by atoms with E-state index in [4.69, 9.17) is 4.74 Å². The van der Waals surface area contributed by atoms with E-state index in [0.717, 1.165) is 11.8 Å². The van der Waals surface area contributed by atoms with Crippen molar-refractivity contribution in [3.63, 3.8) is 0 Å². The van der Waals surface area contributed by atoms with Gasteiger partial charge in [-0.25, -0.2) is 0 Å². The molecule has 0 amide bonds. The van der Waals surface area contributed by atoms with Crippen LogP contribution in [0.25, 0.3) is 0 Å². The average molecular weight is 112 g/mol. The third-order valence-corrected chi connectivity index (χ3v) is 2.72. The maximum absolute atomic E-state index is 5.27. The quantitative estimate of drug-likeness (QED) is 0.498. The zero-order chi connectivity index (χ0) is 5.56. The lowest BCUT2D eigenvalue weighted by Gasteiger charge is -2.33. The van der Waals surface area contributed by atoms with E-state index in [2.05, 4.69) is 0 Å². The van der Waals surface area contributed by atoms with E-state index in [1.54, 1.807) is 0 Å². The molecule has 3 rings (SSSR count). The lowest BCUT2D eigenvalue weighted by atomic mass is 9.81. The zero-order valence-electron chi connectivity index (χ0n) is 5.26. The van der Waals surface area contributed by atoms with Crippen molar-refractivity contribution >= 4 is 0 Å². The third kappa shape index (κ3) is 0.408. The Morgan fingerprint density at radius 2 is 1.88 bits per heavy atom. The van der Waals surface area contributed by atoms with E-state index in [-0.39, 0.29) is 0 Å². The predicted octanol–water partition coefficient (Wildman–Crippen LogP) is 1.43. The minimum absolute atomic E-state index is 0.662. The number of hydrogen-bond donors (Lipinski definition) is 0. The van der Waals surface area contributed by atoms with Crippen LogP contribution in [0, 0.1) is 11.8 Å². The van der Waals surface area contributed by atoms with Crippen LogP contribution in [0.4, 0.5) is 0 Å². The van der Waals surface area contributed by atoms with Crippen LogP contribution in [0.5, 0.6) is 0 Å². The first-order valence-corrected chi connectivity index (χ1v) is 3.44. The van der Waals surface area contributed by atoms with E-state index >= 15 is 0 Å². The molecule has 2 unspecified atom stereocenters. The predicted molar refractivity (Wildman–Crippen MR) is 31.6 cm³/mol. The zero-order valence-corrected chi connectivity index (χ0v) is 5.26. The van der Waals surface area contributed by atoms with Gasteiger partial charge in [-0.3, -0.25) is 0 Å². The summed E-state index contributed by atoms with van der Waals surface area (Å²) in [6.07, 6.45) is 4.99. The Hall–Kier alpha value is -0.0400. The van der Waals surface area contributed by atoms with Crippen LogP contribution in [0.1, 0.15) is 19.3 Å². The molecule has 0 heterocycles. The number of rotatable bonds is 1. The molecule has 1 nitrogen and oxygen atoms in total. The fraction of sp³-hybridized carbons (Fsp3) is 1.00. The normalized spacial score (nSPS) is 51.4. The molecular formula is C7H12O. The summed E-state index contributed by atoms with van der Waals surface area (Å²) >= 11 is 0. The smallest absolute Gasteiger partial charge is 0.0627 e. The maximum atomic E-state index is 5.27. The monoisotopic (exact) mass is 112 g/mol. The summed E-state index contributed by atoms with van der Waals surface area (Å²) in [6.45, 7) is 0. The van der Waals surface area contributed by atoms with Crippen LogP contribution in [0.2, 0.25) is 0 Å². The van der Waals surface area contributed by atoms with Gasteiger partial charge in [0.25, 0.3) is 0 Å². The summed E-state index contributed by atoms with van der Waals surface area (Å²) < 4.78 is 5.27. The molecule has 3 fully saturated rings. The summed E-state index contributed by atoms with van der Waals surface area (Å²) in [5.74, 6) is 1.90. The molecule has 0 aromatic heterocycles. The van der Waals surface area contributed by atoms with Gasteiger partial charge in [-0.2, -0.15) is 0 Å². The van der Waals surface area contributed by atoms with Gasteiger partial charge in [0.1, 0.15) is 0 Å². The van der Waals surface area contributed by atoms with Gasteiger partial charge in [0.2, 0.25) is 0 Å². The summed E-state index contributed by atoms with van der Waals surface area (Å²) in [6, 6.07) is 0. The van der Waals surface area contributed by atoms with Crippen LogP contribution in [0.3, 0.4) is 0 Å². The molecule has 46 valence electrons. The summed E-state index contributed by atoms with van der Waals surface area (Å²) in [4.78, 5) is 0. The standard InChI is InChI=1S/C7H12O/c1-8-7-5-2-3-6(7)4-5/h5-7H,2-4H2,1H3. The van der Waals surface area contributed by atoms with Crippen molar-refractivity contribution in [3.8, 4) is 0 Å². The van der Waals surface area contributed by atoms with Crippen LogP contribution in [-0.4, -0.2) is 13.2 Å². The second-order valence-electron chi connectivity index (χ2n) is 3.03. The van der Waals surface area contributed by atoms with Crippen LogP contribution < -0.4 is 0 Å². The van der Waals surface area contributed by atoms with Crippen molar-refractivity contribution in [2.75, 3.05) is 7.11 Å². The molecule has 3 aliphatic carbocycles. The Labute approximate surface area is 50.0 Å². The van der Waals surface area contributed by atoms with Crippen molar-refractivity contribution < 1.29 is 4.74 Å². The molecule has 0 aliphatic heterocycles. The summed E-state index contributed by atoms with van der Waals surface area (Å²) in [5, 5.41) is 0. The van der Waals surface area contributed by atoms with Gasteiger partial charge < -0.3 is 4.74 Å². The minimum atomic E-state index is 0.662. The number of ether oxygens (including phenoxy) is 1. The molecule has 0 spiro atoms. The van der Waals surface area contributed by atoms with Crippen LogP contribution in [-0.2, 0) is 4.74 Å². The fourth-order valence-electron chi connectivity index (χ4n) is 2.22. The Morgan fingerprint density at radius 3 is 2.12 bits per heavy atom. The molecule has 2 atom stereocenters. The van der Waals surface area contributed by atoms with E-state index in [0.29, 0.717) is 6.10 Å². The second kappa shape index (κ2) is 1.47. The highest BCUT2D eigenvalue weighted by Crippen LogP contribution is 2.49. The second-order valence-corrected chi connectivity index (χ2v) is 3.03. The van der Waals surface area contributed by atoms with Crippen molar-refractivity contribution in [2.45, 2.75) is 25.4 Å². The van der Waals surface area contributed by atoms with Gasteiger partial charge in [0.15, 0.2) is 0 Å². The van der Waals surface area contributed by atoms with Gasteiger partial charge in [-0.05, 0) is 31.1 Å². The van der Waals surface area contributed by atoms with E-state index < -0.39 is 0 Å². The topological polar surface area (TPSA) is 9.23 Å². The molecule has 0 saturated heterocycles. The molecule has 0 radical (unpaired) electrons. The number of fused-ring (bicyclic) bond motifs is 1. The van der Waals surface area contributed by atoms with Crippen molar-refractivity contribution in [1.82, 2.24) is 0 Å². The van der Waals surface area contributed by atoms with E-state index in [1.807, 2.05) is 7.11 Å². The first kappa shape index (κ1) is 4.80. The highest BCUT2D eigenvalue weighted by atomic mass is 16.5. The molecule has 8 heavy (non-hydrogen) atoms. The number of methoxy groups -OCH3 is 1. The Balaban J connectivity index is 2.02. The van der Waals surface area contributed by atoms with Crippen molar-refractivity contribution in [3.05, 3.63) is 0 Å².